The minimum absolute atomic E-state index is 0.000849. The molecule has 5 aliphatic rings. The molecular formula is C30H30O4. The molecule has 0 radical (unpaired) electrons. The Labute approximate surface area is 199 Å². The highest BCUT2D eigenvalue weighted by atomic mass is 16.6. The maximum absolute atomic E-state index is 13.4. The van der Waals surface area contributed by atoms with E-state index in [9.17, 15) is 14.4 Å². The number of fused-ring (bicyclic) bond motifs is 10. The van der Waals surface area contributed by atoms with Crippen molar-refractivity contribution in [2.24, 2.45) is 35.5 Å². The number of benzene rings is 2. The predicted molar refractivity (Wildman–Crippen MR) is 128 cm³/mol. The summed E-state index contributed by atoms with van der Waals surface area (Å²) in [5, 5.41) is 1.95. The molecule has 4 bridgehead atoms. The van der Waals surface area contributed by atoms with Crippen molar-refractivity contribution in [1.82, 2.24) is 0 Å². The highest BCUT2D eigenvalue weighted by molar-refractivity contribution is 6.06. The van der Waals surface area contributed by atoms with E-state index in [0.717, 1.165) is 54.9 Å². The number of carbonyl (C=O) groups is 3. The summed E-state index contributed by atoms with van der Waals surface area (Å²) in [4.78, 5) is 39.4. The maximum Gasteiger partial charge on any atom is 0.339 e. The van der Waals surface area contributed by atoms with Crippen LogP contribution in [0, 0.1) is 35.5 Å². The molecule has 5 aliphatic carbocycles. The number of esters is 1. The molecule has 0 aromatic heterocycles. The van der Waals surface area contributed by atoms with E-state index in [0.29, 0.717) is 17.1 Å². The minimum Gasteiger partial charge on any atom is -0.455 e. The second kappa shape index (κ2) is 7.13. The third kappa shape index (κ3) is 2.57. The summed E-state index contributed by atoms with van der Waals surface area (Å²) in [6, 6.07) is 12.0. The van der Waals surface area contributed by atoms with Gasteiger partial charge in [0, 0.05) is 23.7 Å². The molecule has 7 atom stereocenters. The van der Waals surface area contributed by atoms with Crippen LogP contribution >= 0.6 is 0 Å². The summed E-state index contributed by atoms with van der Waals surface area (Å²) in [6.07, 6.45) is 9.89. The molecule has 0 spiro atoms. The van der Waals surface area contributed by atoms with Crippen LogP contribution in [-0.4, -0.2) is 23.1 Å². The van der Waals surface area contributed by atoms with Crippen molar-refractivity contribution >= 4 is 28.3 Å². The van der Waals surface area contributed by atoms with Gasteiger partial charge in [-0.3, -0.25) is 9.59 Å². The zero-order chi connectivity index (χ0) is 23.2. The van der Waals surface area contributed by atoms with Gasteiger partial charge < -0.3 is 4.74 Å². The molecule has 0 amide bonds. The molecule has 0 heterocycles. The van der Waals surface area contributed by atoms with Crippen molar-refractivity contribution in [2.75, 3.05) is 0 Å². The molecule has 0 saturated heterocycles. The highest BCUT2D eigenvalue weighted by Crippen LogP contribution is 2.66. The first-order valence-corrected chi connectivity index (χ1v) is 13.0. The second-order valence-corrected chi connectivity index (χ2v) is 11.3. The van der Waals surface area contributed by atoms with Crippen LogP contribution in [0.15, 0.2) is 48.6 Å². The van der Waals surface area contributed by atoms with Gasteiger partial charge in [0.1, 0.15) is 17.2 Å². The van der Waals surface area contributed by atoms with Gasteiger partial charge in [0.25, 0.3) is 0 Å². The standard InChI is InChI=1S/C30H30O4/c1-2-30(13-3-4-14-30)34-29(33)19-10-6-7-16-17(19)8-5-9-18(16)22-15-23-24-20-11-12-21(27(20)31)25(24)26(22)28(23)32/h5-12,20-26H,2-4,13-15H2,1H3. The van der Waals surface area contributed by atoms with Crippen molar-refractivity contribution in [2.45, 2.75) is 57.0 Å². The number of Topliss-reactive ketones (excluding diaryl/α,β-unsaturated/α-hetero) is 2. The summed E-state index contributed by atoms with van der Waals surface area (Å²) in [6.45, 7) is 2.11. The Bertz CT molecular complexity index is 1270. The van der Waals surface area contributed by atoms with Crippen LogP contribution in [-0.2, 0) is 14.3 Å². The van der Waals surface area contributed by atoms with Crippen LogP contribution in [0.1, 0.15) is 67.3 Å². The van der Waals surface area contributed by atoms with Crippen molar-refractivity contribution in [3.8, 4) is 0 Å². The molecule has 7 unspecified atom stereocenters. The van der Waals surface area contributed by atoms with E-state index in [-0.39, 0.29) is 53.0 Å². The third-order valence-corrected chi connectivity index (χ3v) is 10.0. The lowest BCUT2D eigenvalue weighted by atomic mass is 9.67. The second-order valence-electron chi connectivity index (χ2n) is 11.3. The lowest BCUT2D eigenvalue weighted by molar-refractivity contribution is -0.125. The molecule has 0 N–H and O–H groups in total. The quantitative estimate of drug-likeness (QED) is 0.341. The Morgan fingerprint density at radius 1 is 0.912 bits per heavy atom. The zero-order valence-corrected chi connectivity index (χ0v) is 19.5. The molecule has 2 aromatic rings. The summed E-state index contributed by atoms with van der Waals surface area (Å²) < 4.78 is 6.14. The van der Waals surface area contributed by atoms with Crippen LogP contribution in [0.5, 0.6) is 0 Å². The van der Waals surface area contributed by atoms with Crippen LogP contribution in [0.3, 0.4) is 0 Å². The molecular weight excluding hydrogens is 424 g/mol. The fourth-order valence-electron chi connectivity index (χ4n) is 8.49. The summed E-state index contributed by atoms with van der Waals surface area (Å²) in [7, 11) is 0. The Morgan fingerprint density at radius 2 is 1.62 bits per heavy atom. The van der Waals surface area contributed by atoms with Crippen LogP contribution in [0.25, 0.3) is 10.8 Å². The Kier molecular flexibility index (Phi) is 4.32. The topological polar surface area (TPSA) is 60.4 Å². The number of rotatable bonds is 4. The smallest absolute Gasteiger partial charge is 0.339 e. The molecule has 34 heavy (non-hydrogen) atoms. The van der Waals surface area contributed by atoms with Gasteiger partial charge >= 0.3 is 5.97 Å². The molecule has 4 heteroatoms. The number of ketones is 2. The zero-order valence-electron chi connectivity index (χ0n) is 19.5. The monoisotopic (exact) mass is 454 g/mol. The van der Waals surface area contributed by atoms with Crippen molar-refractivity contribution in [1.29, 1.82) is 0 Å². The van der Waals surface area contributed by atoms with E-state index >= 15 is 0 Å². The third-order valence-electron chi connectivity index (χ3n) is 10.0. The van der Waals surface area contributed by atoms with Gasteiger partial charge in [0.2, 0.25) is 0 Å². The van der Waals surface area contributed by atoms with Gasteiger partial charge in [-0.1, -0.05) is 49.4 Å². The fourth-order valence-corrected chi connectivity index (χ4v) is 8.49. The molecule has 2 aromatic carbocycles. The maximum atomic E-state index is 13.4. The summed E-state index contributed by atoms with van der Waals surface area (Å²) in [5.74, 6) is 0.760. The van der Waals surface area contributed by atoms with Gasteiger partial charge in [-0.15, -0.1) is 0 Å². The average molecular weight is 455 g/mol. The van der Waals surface area contributed by atoms with Gasteiger partial charge in [-0.25, -0.2) is 4.79 Å². The van der Waals surface area contributed by atoms with Gasteiger partial charge in [0.05, 0.1) is 5.56 Å². The number of hydrogen-bond acceptors (Lipinski definition) is 4. The van der Waals surface area contributed by atoms with Crippen LogP contribution < -0.4 is 0 Å². The van der Waals surface area contributed by atoms with Crippen LogP contribution in [0.2, 0.25) is 0 Å². The van der Waals surface area contributed by atoms with Gasteiger partial charge in [-0.05, 0) is 78.7 Å². The van der Waals surface area contributed by atoms with E-state index in [1.807, 2.05) is 24.3 Å². The molecule has 4 nitrogen and oxygen atoms in total. The lowest BCUT2D eigenvalue weighted by Gasteiger charge is -2.35. The first kappa shape index (κ1) is 20.6. The number of carbonyl (C=O) groups excluding carboxylic acids is 3. The van der Waals surface area contributed by atoms with Crippen LogP contribution in [0.4, 0.5) is 0 Å². The summed E-state index contributed by atoms with van der Waals surface area (Å²) >= 11 is 0. The molecule has 4 fully saturated rings. The number of ether oxygens (including phenoxy) is 1. The van der Waals surface area contributed by atoms with Gasteiger partial charge in [0.15, 0.2) is 0 Å². The molecule has 7 rings (SSSR count). The lowest BCUT2D eigenvalue weighted by Crippen LogP contribution is -2.31. The Hall–Kier alpha value is -2.75. The van der Waals surface area contributed by atoms with E-state index < -0.39 is 0 Å². The number of hydrogen-bond donors (Lipinski definition) is 0. The predicted octanol–water partition coefficient (Wildman–Crippen LogP) is 5.64. The molecule has 4 saturated carbocycles. The Morgan fingerprint density at radius 3 is 2.38 bits per heavy atom. The SMILES string of the molecule is CCC1(OC(=O)c2cccc3c(C4CC5C(=O)C4C4C6C=CC(C6=O)C54)cccc23)CCCC1. The van der Waals surface area contributed by atoms with Crippen molar-refractivity contribution < 1.29 is 19.1 Å². The minimum atomic E-state index is -0.329. The van der Waals surface area contributed by atoms with E-state index in [1.165, 1.54) is 0 Å². The normalized spacial score (nSPS) is 36.6. The number of allylic oxidation sites excluding steroid dienone is 2. The highest BCUT2D eigenvalue weighted by Gasteiger charge is 2.68. The van der Waals surface area contributed by atoms with Crippen molar-refractivity contribution in [3.05, 3.63) is 59.7 Å². The summed E-state index contributed by atoms with van der Waals surface area (Å²) in [5.41, 5.74) is 1.44. The van der Waals surface area contributed by atoms with E-state index in [1.54, 1.807) is 0 Å². The first-order chi connectivity index (χ1) is 16.5. The van der Waals surface area contributed by atoms with E-state index in [2.05, 4.69) is 31.2 Å². The van der Waals surface area contributed by atoms with Crippen molar-refractivity contribution in [3.63, 3.8) is 0 Å². The molecule has 174 valence electrons. The van der Waals surface area contributed by atoms with E-state index in [4.69, 9.17) is 4.74 Å². The largest absolute Gasteiger partial charge is 0.455 e. The fraction of sp³-hybridized carbons (Fsp3) is 0.500. The average Bonchev–Trinajstić information content (AvgIpc) is 3.66. The first-order valence-electron chi connectivity index (χ1n) is 13.0. The molecule has 0 aliphatic heterocycles. The Balaban J connectivity index is 1.26. The van der Waals surface area contributed by atoms with Gasteiger partial charge in [-0.2, -0.15) is 0 Å².